The molecule has 0 amide bonds. The molecule has 0 radical (unpaired) electrons. The molecule has 0 saturated carbocycles. The Morgan fingerprint density at radius 1 is 1.52 bits per heavy atom. The third-order valence-corrected chi connectivity index (χ3v) is 3.83. The van der Waals surface area contributed by atoms with E-state index in [1.165, 1.54) is 4.68 Å². The van der Waals surface area contributed by atoms with E-state index in [0.29, 0.717) is 13.0 Å². The van der Waals surface area contributed by atoms with Crippen molar-refractivity contribution in [2.75, 3.05) is 18.0 Å². The number of β-amino-alcohol motifs (C(OH)–C–C–N with tert-alkyl or cyclic N) is 1. The lowest BCUT2D eigenvalue weighted by Gasteiger charge is -2.18. The zero-order valence-corrected chi connectivity index (χ0v) is 12.4. The van der Waals surface area contributed by atoms with Crippen LogP contribution in [0.15, 0.2) is 10.9 Å². The molecule has 2 aromatic heterocycles. The summed E-state index contributed by atoms with van der Waals surface area (Å²) < 4.78 is 15.6. The van der Waals surface area contributed by atoms with E-state index < -0.39 is 29.0 Å². The average molecular weight is 322 g/mol. The van der Waals surface area contributed by atoms with Crippen LogP contribution in [-0.4, -0.2) is 50.1 Å². The number of aryl methyl sites for hydroxylation is 1. The van der Waals surface area contributed by atoms with Crippen LogP contribution in [0.4, 0.5) is 10.2 Å². The number of aliphatic hydroxyl groups is 1. The number of pyridine rings is 1. The zero-order chi connectivity index (χ0) is 16.7. The summed E-state index contributed by atoms with van der Waals surface area (Å²) in [6.07, 6.45) is -0.0385. The number of hydrogen-bond acceptors (Lipinski definition) is 6. The van der Waals surface area contributed by atoms with E-state index in [2.05, 4.69) is 10.1 Å². The molecule has 1 fully saturated rings. The molecule has 9 heteroatoms. The normalized spacial score (nSPS) is 17.9. The van der Waals surface area contributed by atoms with Gasteiger partial charge in [-0.2, -0.15) is 5.10 Å². The van der Waals surface area contributed by atoms with Crippen molar-refractivity contribution in [3.8, 4) is 0 Å². The van der Waals surface area contributed by atoms with Crippen LogP contribution in [0.3, 0.4) is 0 Å². The standard InChI is InChI=1S/C14H15FN4O4/c1-2-19-12-8(11(21)10(17-19)14(22)23)5-9(15)13(16-12)18-4-3-7(20)6-18/h5,7,20H,2-4,6H2,1H3,(H,22,23). The van der Waals surface area contributed by atoms with Crippen molar-refractivity contribution in [1.29, 1.82) is 0 Å². The van der Waals surface area contributed by atoms with Gasteiger partial charge < -0.3 is 15.1 Å². The van der Waals surface area contributed by atoms with Gasteiger partial charge >= 0.3 is 5.97 Å². The second-order valence-corrected chi connectivity index (χ2v) is 5.35. The minimum absolute atomic E-state index is 0.0283. The van der Waals surface area contributed by atoms with Crippen molar-refractivity contribution in [2.24, 2.45) is 0 Å². The Balaban J connectivity index is 2.25. The maximum absolute atomic E-state index is 14.3. The molecule has 0 aliphatic carbocycles. The van der Waals surface area contributed by atoms with E-state index in [4.69, 9.17) is 5.11 Å². The Kier molecular flexibility index (Phi) is 3.72. The molecule has 0 aromatic carbocycles. The monoisotopic (exact) mass is 322 g/mol. The van der Waals surface area contributed by atoms with Gasteiger partial charge in [0, 0.05) is 19.6 Å². The number of halogens is 1. The Morgan fingerprint density at radius 2 is 2.26 bits per heavy atom. The molecule has 1 aliphatic heterocycles. The third kappa shape index (κ3) is 2.52. The Bertz CT molecular complexity index is 851. The molecule has 23 heavy (non-hydrogen) atoms. The maximum atomic E-state index is 14.3. The Labute approximate surface area is 129 Å². The van der Waals surface area contributed by atoms with Gasteiger partial charge in [-0.1, -0.05) is 0 Å². The van der Waals surface area contributed by atoms with Gasteiger partial charge in [-0.25, -0.2) is 18.9 Å². The SMILES string of the molecule is CCn1nc(C(=O)O)c(=O)c2cc(F)c(N3CCC(O)C3)nc21. The van der Waals surface area contributed by atoms with Gasteiger partial charge in [0.25, 0.3) is 0 Å². The van der Waals surface area contributed by atoms with Crippen LogP contribution >= 0.6 is 0 Å². The summed E-state index contributed by atoms with van der Waals surface area (Å²) in [4.78, 5) is 29.0. The molecule has 2 N–H and O–H groups in total. The van der Waals surface area contributed by atoms with Crippen molar-refractivity contribution < 1.29 is 19.4 Å². The fourth-order valence-corrected chi connectivity index (χ4v) is 2.69. The van der Waals surface area contributed by atoms with Crippen molar-refractivity contribution >= 4 is 22.8 Å². The Morgan fingerprint density at radius 3 is 2.83 bits per heavy atom. The van der Waals surface area contributed by atoms with Gasteiger partial charge in [-0.15, -0.1) is 0 Å². The van der Waals surface area contributed by atoms with Crippen LogP contribution in [0.25, 0.3) is 11.0 Å². The van der Waals surface area contributed by atoms with E-state index in [1.807, 2.05) is 0 Å². The first-order valence-corrected chi connectivity index (χ1v) is 7.20. The summed E-state index contributed by atoms with van der Waals surface area (Å²) in [6, 6.07) is 0.991. The summed E-state index contributed by atoms with van der Waals surface area (Å²) in [5.74, 6) is -2.17. The molecule has 8 nitrogen and oxygen atoms in total. The number of rotatable bonds is 3. The van der Waals surface area contributed by atoms with Crippen molar-refractivity contribution in [3.63, 3.8) is 0 Å². The van der Waals surface area contributed by atoms with Gasteiger partial charge in [0.15, 0.2) is 17.3 Å². The highest BCUT2D eigenvalue weighted by molar-refractivity contribution is 5.89. The molecule has 2 aromatic rings. The number of hydrogen-bond donors (Lipinski definition) is 2. The van der Waals surface area contributed by atoms with E-state index in [0.717, 1.165) is 6.07 Å². The second-order valence-electron chi connectivity index (χ2n) is 5.35. The number of carboxylic acid groups (broad SMARTS) is 1. The smallest absolute Gasteiger partial charge is 0.360 e. The summed E-state index contributed by atoms with van der Waals surface area (Å²) in [7, 11) is 0. The molecule has 1 aliphatic rings. The second kappa shape index (κ2) is 5.58. The van der Waals surface area contributed by atoms with Crippen molar-refractivity contribution in [3.05, 3.63) is 27.8 Å². The Hall–Kier alpha value is -2.55. The molecular formula is C14H15FN4O4. The van der Waals surface area contributed by atoms with Crippen LogP contribution in [0.2, 0.25) is 0 Å². The quantitative estimate of drug-likeness (QED) is 0.832. The van der Waals surface area contributed by atoms with E-state index >= 15 is 0 Å². The lowest BCUT2D eigenvalue weighted by Crippen LogP contribution is -2.26. The number of aliphatic hydroxyl groups excluding tert-OH is 1. The van der Waals surface area contributed by atoms with Crippen LogP contribution in [0.5, 0.6) is 0 Å². The van der Waals surface area contributed by atoms with Crippen LogP contribution in [0, 0.1) is 5.82 Å². The average Bonchev–Trinajstić information content (AvgIpc) is 2.93. The van der Waals surface area contributed by atoms with E-state index in [1.54, 1.807) is 11.8 Å². The lowest BCUT2D eigenvalue weighted by atomic mass is 10.2. The summed E-state index contributed by atoms with van der Waals surface area (Å²) in [6.45, 7) is 2.70. The van der Waals surface area contributed by atoms with Gasteiger partial charge in [-0.3, -0.25) is 4.79 Å². The number of nitrogens with zero attached hydrogens (tertiary/aromatic N) is 4. The highest BCUT2D eigenvalue weighted by atomic mass is 19.1. The largest absolute Gasteiger partial charge is 0.476 e. The number of anilines is 1. The van der Waals surface area contributed by atoms with E-state index in [9.17, 15) is 19.1 Å². The molecule has 1 atom stereocenters. The van der Waals surface area contributed by atoms with E-state index in [-0.39, 0.29) is 29.9 Å². The fraction of sp³-hybridized carbons (Fsp3) is 0.429. The minimum Gasteiger partial charge on any atom is -0.476 e. The summed E-state index contributed by atoms with van der Waals surface area (Å²) in [5.41, 5.74) is -1.40. The number of aromatic nitrogens is 3. The number of fused-ring (bicyclic) bond motifs is 1. The van der Waals surface area contributed by atoms with Gasteiger partial charge in [0.2, 0.25) is 11.1 Å². The molecule has 1 saturated heterocycles. The fourth-order valence-electron chi connectivity index (χ4n) is 2.69. The molecule has 3 heterocycles. The maximum Gasteiger partial charge on any atom is 0.360 e. The van der Waals surface area contributed by atoms with Gasteiger partial charge in [0.05, 0.1) is 11.5 Å². The molecule has 3 rings (SSSR count). The number of carboxylic acids is 1. The molecule has 0 bridgehead atoms. The molecule has 1 unspecified atom stereocenters. The molecule has 0 spiro atoms. The van der Waals surface area contributed by atoms with Crippen LogP contribution in [0.1, 0.15) is 23.8 Å². The lowest BCUT2D eigenvalue weighted by molar-refractivity contribution is 0.0686. The molecule has 122 valence electrons. The number of aromatic carboxylic acids is 1. The first kappa shape index (κ1) is 15.3. The highest BCUT2D eigenvalue weighted by Crippen LogP contribution is 2.24. The predicted molar refractivity (Wildman–Crippen MR) is 79.2 cm³/mol. The summed E-state index contributed by atoms with van der Waals surface area (Å²) in [5, 5.41) is 22.3. The first-order valence-electron chi connectivity index (χ1n) is 7.20. The first-order chi connectivity index (χ1) is 10.9. The summed E-state index contributed by atoms with van der Waals surface area (Å²) >= 11 is 0. The highest BCUT2D eigenvalue weighted by Gasteiger charge is 2.26. The zero-order valence-electron chi connectivity index (χ0n) is 12.4. The topological polar surface area (TPSA) is 109 Å². The predicted octanol–water partition coefficient (Wildman–Crippen LogP) is 0.220. The van der Waals surface area contributed by atoms with Crippen molar-refractivity contribution in [2.45, 2.75) is 26.0 Å². The van der Waals surface area contributed by atoms with Crippen LogP contribution < -0.4 is 10.3 Å². The number of carbonyl (C=O) groups is 1. The van der Waals surface area contributed by atoms with Gasteiger partial charge in [-0.05, 0) is 19.4 Å². The third-order valence-electron chi connectivity index (χ3n) is 3.83. The van der Waals surface area contributed by atoms with Crippen LogP contribution in [-0.2, 0) is 6.54 Å². The minimum atomic E-state index is -1.47. The van der Waals surface area contributed by atoms with Crippen molar-refractivity contribution in [1.82, 2.24) is 14.8 Å². The van der Waals surface area contributed by atoms with Gasteiger partial charge in [0.1, 0.15) is 0 Å². The molecular weight excluding hydrogens is 307 g/mol.